The summed E-state index contributed by atoms with van der Waals surface area (Å²) in [5.74, 6) is 1.33. The van der Waals surface area contributed by atoms with Gasteiger partial charge in [0.2, 0.25) is 0 Å². The lowest BCUT2D eigenvalue weighted by atomic mass is 9.81. The minimum atomic E-state index is 0.558. The predicted octanol–water partition coefficient (Wildman–Crippen LogP) is 5.66. The minimum Gasteiger partial charge on any atom is -0.316 e. The number of hydrogen-bond donors (Lipinski definition) is 1. The van der Waals surface area contributed by atoms with Crippen LogP contribution in [0, 0.1) is 5.92 Å². The molecule has 1 aromatic rings. The van der Waals surface area contributed by atoms with Crippen LogP contribution in [-0.4, -0.2) is 13.1 Å². The summed E-state index contributed by atoms with van der Waals surface area (Å²) in [5.41, 5.74) is 1.34. The first-order valence-corrected chi connectivity index (χ1v) is 8.63. The molecule has 0 aromatic heterocycles. The molecule has 0 aliphatic heterocycles. The second-order valence-electron chi connectivity index (χ2n) is 5.84. The maximum Gasteiger partial charge on any atom is 0.0595 e. The van der Waals surface area contributed by atoms with Gasteiger partial charge in [-0.1, -0.05) is 61.9 Å². The van der Waals surface area contributed by atoms with E-state index in [1.807, 2.05) is 6.07 Å². The molecule has 1 aliphatic rings. The highest BCUT2D eigenvalue weighted by molar-refractivity contribution is 6.42. The summed E-state index contributed by atoms with van der Waals surface area (Å²) < 4.78 is 0. The Hall–Kier alpha value is -0.240. The van der Waals surface area contributed by atoms with Crippen LogP contribution in [0.15, 0.2) is 18.2 Å². The third-order valence-corrected chi connectivity index (χ3v) is 5.19. The van der Waals surface area contributed by atoms with Gasteiger partial charge in [0.25, 0.3) is 0 Å². The van der Waals surface area contributed by atoms with Crippen molar-refractivity contribution in [2.75, 3.05) is 13.1 Å². The molecule has 1 unspecified atom stereocenters. The summed E-state index contributed by atoms with van der Waals surface area (Å²) in [6.07, 6.45) is 8.22. The van der Waals surface area contributed by atoms with E-state index in [-0.39, 0.29) is 0 Å². The van der Waals surface area contributed by atoms with E-state index in [9.17, 15) is 0 Å². The van der Waals surface area contributed by atoms with Gasteiger partial charge in [0.1, 0.15) is 0 Å². The summed E-state index contributed by atoms with van der Waals surface area (Å²) in [5, 5.41) is 4.85. The molecule has 0 bridgehead atoms. The average molecular weight is 314 g/mol. The van der Waals surface area contributed by atoms with Crippen LogP contribution < -0.4 is 5.32 Å². The molecule has 0 spiro atoms. The Morgan fingerprint density at radius 2 is 1.80 bits per heavy atom. The molecule has 1 N–H and O–H groups in total. The van der Waals surface area contributed by atoms with Gasteiger partial charge in [-0.2, -0.15) is 0 Å². The normalized spacial score (nSPS) is 18.8. The lowest BCUT2D eigenvalue weighted by molar-refractivity contribution is 0.363. The quantitative estimate of drug-likeness (QED) is 0.692. The lowest BCUT2D eigenvalue weighted by Crippen LogP contribution is -2.26. The lowest BCUT2D eigenvalue weighted by Gasteiger charge is -2.27. The molecule has 0 amide bonds. The number of halogens is 2. The fourth-order valence-electron chi connectivity index (χ4n) is 3.31. The maximum absolute atomic E-state index is 6.21. The van der Waals surface area contributed by atoms with Crippen LogP contribution in [0.4, 0.5) is 0 Å². The fourth-order valence-corrected chi connectivity index (χ4v) is 3.62. The molecule has 0 heterocycles. The largest absolute Gasteiger partial charge is 0.316 e. The minimum absolute atomic E-state index is 0.558. The van der Waals surface area contributed by atoms with Crippen molar-refractivity contribution >= 4 is 23.2 Å². The van der Waals surface area contributed by atoms with E-state index in [0.717, 1.165) is 19.0 Å². The first-order chi connectivity index (χ1) is 9.72. The molecular weight excluding hydrogens is 289 g/mol. The molecule has 1 atom stereocenters. The van der Waals surface area contributed by atoms with Crippen molar-refractivity contribution in [1.29, 1.82) is 0 Å². The van der Waals surface area contributed by atoms with Crippen LogP contribution in [0.1, 0.15) is 56.9 Å². The number of rotatable bonds is 5. The summed E-state index contributed by atoms with van der Waals surface area (Å²) in [4.78, 5) is 0. The van der Waals surface area contributed by atoms with Crippen LogP contribution in [0.5, 0.6) is 0 Å². The number of likely N-dealkylation sites (N-methyl/N-ethyl adjacent to an activating group) is 1. The molecule has 3 heteroatoms. The third kappa shape index (κ3) is 4.38. The zero-order valence-electron chi connectivity index (χ0n) is 12.3. The molecule has 20 heavy (non-hydrogen) atoms. The van der Waals surface area contributed by atoms with Crippen molar-refractivity contribution in [1.82, 2.24) is 5.32 Å². The number of hydrogen-bond acceptors (Lipinski definition) is 1. The van der Waals surface area contributed by atoms with E-state index >= 15 is 0 Å². The molecule has 1 aromatic carbocycles. The van der Waals surface area contributed by atoms with Crippen molar-refractivity contribution in [2.45, 2.75) is 51.4 Å². The molecular formula is C17H25Cl2N. The molecule has 2 rings (SSSR count). The van der Waals surface area contributed by atoms with Crippen LogP contribution in [0.2, 0.25) is 10.0 Å². The summed E-state index contributed by atoms with van der Waals surface area (Å²) in [6.45, 7) is 4.22. The van der Waals surface area contributed by atoms with E-state index < -0.39 is 0 Å². The second kappa shape index (κ2) is 8.26. The Kier molecular flexibility index (Phi) is 6.67. The van der Waals surface area contributed by atoms with Crippen molar-refractivity contribution < 1.29 is 0 Å². The van der Waals surface area contributed by atoms with Gasteiger partial charge in [-0.3, -0.25) is 0 Å². The van der Waals surface area contributed by atoms with Crippen molar-refractivity contribution in [2.24, 2.45) is 5.92 Å². The average Bonchev–Trinajstić information content (AvgIpc) is 2.72. The summed E-state index contributed by atoms with van der Waals surface area (Å²) in [6, 6.07) is 6.16. The fraction of sp³-hybridized carbons (Fsp3) is 0.647. The smallest absolute Gasteiger partial charge is 0.0595 e. The molecule has 1 aliphatic carbocycles. The van der Waals surface area contributed by atoms with Crippen molar-refractivity contribution in [3.05, 3.63) is 33.8 Å². The van der Waals surface area contributed by atoms with Gasteiger partial charge in [-0.15, -0.1) is 0 Å². The van der Waals surface area contributed by atoms with Crippen LogP contribution in [-0.2, 0) is 0 Å². The van der Waals surface area contributed by atoms with E-state index in [1.165, 1.54) is 44.1 Å². The number of benzene rings is 1. The zero-order valence-corrected chi connectivity index (χ0v) is 13.8. The summed E-state index contributed by atoms with van der Waals surface area (Å²) in [7, 11) is 0. The van der Waals surface area contributed by atoms with Gasteiger partial charge in [-0.05, 0) is 48.9 Å². The number of nitrogens with one attached hydrogen (secondary N) is 1. The van der Waals surface area contributed by atoms with E-state index in [4.69, 9.17) is 23.2 Å². The van der Waals surface area contributed by atoms with Gasteiger partial charge in [0.15, 0.2) is 0 Å². The Morgan fingerprint density at radius 1 is 1.10 bits per heavy atom. The van der Waals surface area contributed by atoms with Crippen LogP contribution in [0.3, 0.4) is 0 Å². The van der Waals surface area contributed by atoms with Gasteiger partial charge in [-0.25, -0.2) is 0 Å². The topological polar surface area (TPSA) is 12.0 Å². The van der Waals surface area contributed by atoms with E-state index in [2.05, 4.69) is 24.4 Å². The highest BCUT2D eigenvalue weighted by Crippen LogP contribution is 2.36. The predicted molar refractivity (Wildman–Crippen MR) is 88.9 cm³/mol. The first kappa shape index (κ1) is 16.1. The first-order valence-electron chi connectivity index (χ1n) is 7.88. The Morgan fingerprint density at radius 3 is 2.40 bits per heavy atom. The van der Waals surface area contributed by atoms with Gasteiger partial charge < -0.3 is 5.32 Å². The van der Waals surface area contributed by atoms with Crippen molar-refractivity contribution in [3.63, 3.8) is 0 Å². The molecule has 112 valence electrons. The zero-order chi connectivity index (χ0) is 14.4. The van der Waals surface area contributed by atoms with Gasteiger partial charge in [0, 0.05) is 6.54 Å². The van der Waals surface area contributed by atoms with Crippen molar-refractivity contribution in [3.8, 4) is 0 Å². The second-order valence-corrected chi connectivity index (χ2v) is 6.65. The maximum atomic E-state index is 6.21. The molecule has 1 nitrogen and oxygen atoms in total. The Balaban J connectivity index is 2.18. The molecule has 1 fully saturated rings. The Labute approximate surface area is 133 Å². The third-order valence-electron chi connectivity index (χ3n) is 4.45. The van der Waals surface area contributed by atoms with E-state index in [0.29, 0.717) is 16.0 Å². The standard InChI is InChI=1S/C17H25Cl2N/c1-2-20-12-15(13-7-5-3-4-6-8-13)14-9-10-16(18)17(19)11-14/h9-11,13,15,20H,2-8,12H2,1H3. The van der Waals surface area contributed by atoms with Gasteiger partial charge >= 0.3 is 0 Å². The van der Waals surface area contributed by atoms with Crippen LogP contribution in [0.25, 0.3) is 0 Å². The highest BCUT2D eigenvalue weighted by atomic mass is 35.5. The molecule has 1 saturated carbocycles. The highest BCUT2D eigenvalue weighted by Gasteiger charge is 2.24. The SMILES string of the molecule is CCNCC(c1ccc(Cl)c(Cl)c1)C1CCCCCC1. The molecule has 0 saturated heterocycles. The summed E-state index contributed by atoms with van der Waals surface area (Å²) >= 11 is 12.3. The van der Waals surface area contributed by atoms with Gasteiger partial charge in [0.05, 0.1) is 10.0 Å². The monoisotopic (exact) mass is 313 g/mol. The Bertz CT molecular complexity index is 411. The molecule has 0 radical (unpaired) electrons. The van der Waals surface area contributed by atoms with Crippen LogP contribution >= 0.6 is 23.2 Å². The van der Waals surface area contributed by atoms with E-state index in [1.54, 1.807) is 0 Å².